The average Bonchev–Trinajstić information content (AvgIpc) is 2.92. The highest BCUT2D eigenvalue weighted by atomic mass is 32.2. The maximum absolute atomic E-state index is 12.3. The third-order valence-corrected chi connectivity index (χ3v) is 4.56. The predicted octanol–water partition coefficient (Wildman–Crippen LogP) is 0.213. The van der Waals surface area contributed by atoms with Gasteiger partial charge in [-0.3, -0.25) is 5.84 Å². The van der Waals surface area contributed by atoms with Crippen LogP contribution < -0.4 is 16.0 Å². The van der Waals surface area contributed by atoms with Gasteiger partial charge < -0.3 is 10.2 Å². The van der Waals surface area contributed by atoms with E-state index in [-0.39, 0.29) is 22.9 Å². The van der Waals surface area contributed by atoms with Crippen LogP contribution in [0.1, 0.15) is 19.8 Å². The molecule has 19 heavy (non-hydrogen) atoms. The Labute approximate surface area is 112 Å². The number of aromatic nitrogens is 1. The molecule has 1 saturated heterocycles. The van der Waals surface area contributed by atoms with Crippen LogP contribution in [0.15, 0.2) is 23.4 Å². The fraction of sp³-hybridized carbons (Fsp3) is 0.545. The molecule has 0 bridgehead atoms. The van der Waals surface area contributed by atoms with Gasteiger partial charge in [0.05, 0.1) is 11.8 Å². The second kappa shape index (κ2) is 5.83. The van der Waals surface area contributed by atoms with Gasteiger partial charge >= 0.3 is 0 Å². The molecule has 1 aliphatic rings. The second-order valence-electron chi connectivity index (χ2n) is 4.46. The highest BCUT2D eigenvalue weighted by molar-refractivity contribution is 7.89. The number of nitrogens with one attached hydrogen (secondary N) is 2. The Bertz CT molecular complexity index is 528. The summed E-state index contributed by atoms with van der Waals surface area (Å²) in [6.07, 6.45) is 3.13. The van der Waals surface area contributed by atoms with Gasteiger partial charge in [0.1, 0.15) is 0 Å². The zero-order valence-corrected chi connectivity index (χ0v) is 11.5. The molecule has 0 radical (unpaired) electrons. The summed E-state index contributed by atoms with van der Waals surface area (Å²) in [4.78, 5) is 3.87. The van der Waals surface area contributed by atoms with Crippen molar-refractivity contribution in [3.05, 3.63) is 18.3 Å². The smallest absolute Gasteiger partial charge is 0.260 e. The third kappa shape index (κ3) is 3.21. The third-order valence-electron chi connectivity index (χ3n) is 3.04. The van der Waals surface area contributed by atoms with Crippen molar-refractivity contribution < 1.29 is 13.2 Å². The normalized spacial score (nSPS) is 21.3. The first-order valence-electron chi connectivity index (χ1n) is 6.10. The van der Waals surface area contributed by atoms with E-state index in [1.807, 2.05) is 0 Å². The molecule has 0 spiro atoms. The summed E-state index contributed by atoms with van der Waals surface area (Å²) < 4.78 is 32.6. The second-order valence-corrected chi connectivity index (χ2v) is 6.09. The van der Waals surface area contributed by atoms with Crippen molar-refractivity contribution >= 4 is 15.7 Å². The molecule has 8 heteroatoms. The van der Waals surface area contributed by atoms with Crippen LogP contribution in [0.4, 0.5) is 5.69 Å². The lowest BCUT2D eigenvalue weighted by molar-refractivity contribution is 0.0902. The van der Waals surface area contributed by atoms with Crippen LogP contribution in [0.3, 0.4) is 0 Å². The lowest BCUT2D eigenvalue weighted by Crippen LogP contribution is -2.41. The van der Waals surface area contributed by atoms with Crippen LogP contribution in [0, 0.1) is 0 Å². The number of hydrogen-bond donors (Lipinski definition) is 3. The molecule has 2 heterocycles. The number of pyridine rings is 1. The van der Waals surface area contributed by atoms with E-state index in [0.717, 1.165) is 12.8 Å². The molecular formula is C11H18N4O3S. The summed E-state index contributed by atoms with van der Waals surface area (Å²) in [5, 5.41) is -0.109. The summed E-state index contributed by atoms with van der Waals surface area (Å²) in [5.41, 5.74) is 2.59. The lowest BCUT2D eigenvalue weighted by atomic mass is 10.1. The summed E-state index contributed by atoms with van der Waals surface area (Å²) in [5.74, 6) is 5.29. The van der Waals surface area contributed by atoms with E-state index in [0.29, 0.717) is 6.61 Å². The zero-order valence-electron chi connectivity index (χ0n) is 10.7. The van der Waals surface area contributed by atoms with E-state index in [1.165, 1.54) is 6.20 Å². The van der Waals surface area contributed by atoms with Crippen LogP contribution in [0.2, 0.25) is 0 Å². The van der Waals surface area contributed by atoms with Gasteiger partial charge in [-0.15, -0.1) is 0 Å². The first-order chi connectivity index (χ1) is 9.04. The largest absolute Gasteiger partial charge is 0.377 e. The molecule has 1 fully saturated rings. The van der Waals surface area contributed by atoms with Crippen molar-refractivity contribution in [3.63, 3.8) is 0 Å². The molecule has 0 aromatic carbocycles. The quantitative estimate of drug-likeness (QED) is 0.528. The Morgan fingerprint density at radius 3 is 3.00 bits per heavy atom. The van der Waals surface area contributed by atoms with Gasteiger partial charge in [-0.1, -0.05) is 0 Å². The monoisotopic (exact) mass is 286 g/mol. The zero-order chi connectivity index (χ0) is 13.9. The standard InChI is InChI=1S/C11H18N4O3S/c1-8(10-5-3-7-18-10)15-19(16,17)11-9(14-12)4-2-6-13-11/h2,4,6,8,10,14-15H,3,5,7,12H2,1H3. The van der Waals surface area contributed by atoms with Crippen LogP contribution in [-0.2, 0) is 14.8 Å². The molecule has 7 nitrogen and oxygen atoms in total. The number of anilines is 1. The Morgan fingerprint density at radius 1 is 1.58 bits per heavy atom. The van der Waals surface area contributed by atoms with E-state index in [9.17, 15) is 8.42 Å². The molecule has 106 valence electrons. The van der Waals surface area contributed by atoms with Gasteiger partial charge in [-0.05, 0) is 31.9 Å². The van der Waals surface area contributed by atoms with Crippen molar-refractivity contribution in [2.24, 2.45) is 5.84 Å². The molecule has 1 aromatic heterocycles. The van der Waals surface area contributed by atoms with E-state index in [4.69, 9.17) is 10.6 Å². The van der Waals surface area contributed by atoms with E-state index in [2.05, 4.69) is 15.1 Å². The van der Waals surface area contributed by atoms with Gasteiger partial charge in [-0.2, -0.15) is 0 Å². The number of nitrogens with zero attached hydrogens (tertiary/aromatic N) is 1. The van der Waals surface area contributed by atoms with Crippen LogP contribution >= 0.6 is 0 Å². The molecule has 1 aliphatic heterocycles. The summed E-state index contributed by atoms with van der Waals surface area (Å²) in [7, 11) is -3.72. The van der Waals surface area contributed by atoms with Crippen molar-refractivity contribution in [1.82, 2.24) is 9.71 Å². The van der Waals surface area contributed by atoms with E-state index in [1.54, 1.807) is 19.1 Å². The molecule has 0 aliphatic carbocycles. The van der Waals surface area contributed by atoms with Crippen molar-refractivity contribution in [3.8, 4) is 0 Å². The Morgan fingerprint density at radius 2 is 2.37 bits per heavy atom. The molecular weight excluding hydrogens is 268 g/mol. The van der Waals surface area contributed by atoms with Gasteiger partial charge in [0, 0.05) is 18.8 Å². The number of nitrogens with two attached hydrogens (primary N) is 1. The van der Waals surface area contributed by atoms with Crippen LogP contribution in [0.25, 0.3) is 0 Å². The van der Waals surface area contributed by atoms with Gasteiger partial charge in [0.2, 0.25) is 0 Å². The minimum atomic E-state index is -3.72. The van der Waals surface area contributed by atoms with Gasteiger partial charge in [0.25, 0.3) is 10.0 Å². The average molecular weight is 286 g/mol. The topological polar surface area (TPSA) is 106 Å². The maximum Gasteiger partial charge on any atom is 0.260 e. The number of rotatable bonds is 5. The number of ether oxygens (including phenoxy) is 1. The van der Waals surface area contributed by atoms with Crippen molar-refractivity contribution in [2.75, 3.05) is 12.0 Å². The molecule has 1 aromatic rings. The summed E-state index contributed by atoms with van der Waals surface area (Å²) in [6, 6.07) is 2.86. The molecule has 4 N–H and O–H groups in total. The van der Waals surface area contributed by atoms with Crippen LogP contribution in [0.5, 0.6) is 0 Å². The van der Waals surface area contributed by atoms with Gasteiger partial charge in [-0.25, -0.2) is 18.1 Å². The minimum Gasteiger partial charge on any atom is -0.377 e. The first-order valence-corrected chi connectivity index (χ1v) is 7.58. The molecule has 2 rings (SSSR count). The first kappa shape index (κ1) is 14.2. The highest BCUT2D eigenvalue weighted by Crippen LogP contribution is 2.20. The summed E-state index contributed by atoms with van der Waals surface area (Å²) in [6.45, 7) is 2.46. The number of nitrogen functional groups attached to an aromatic ring is 1. The Balaban J connectivity index is 2.17. The van der Waals surface area contributed by atoms with Crippen LogP contribution in [-0.4, -0.2) is 32.2 Å². The van der Waals surface area contributed by atoms with Crippen molar-refractivity contribution in [1.29, 1.82) is 0 Å². The predicted molar refractivity (Wildman–Crippen MR) is 70.8 cm³/mol. The Kier molecular flexibility index (Phi) is 4.35. The lowest BCUT2D eigenvalue weighted by Gasteiger charge is -2.20. The number of sulfonamides is 1. The van der Waals surface area contributed by atoms with E-state index < -0.39 is 10.0 Å². The Hall–Kier alpha value is -1.22. The molecule has 2 atom stereocenters. The summed E-state index contributed by atoms with van der Waals surface area (Å²) >= 11 is 0. The number of hydrazine groups is 1. The number of hydrogen-bond acceptors (Lipinski definition) is 6. The van der Waals surface area contributed by atoms with Gasteiger partial charge in [0.15, 0.2) is 5.03 Å². The SMILES string of the molecule is CC(NS(=O)(=O)c1ncccc1NN)C1CCCO1. The minimum absolute atomic E-state index is 0.0900. The highest BCUT2D eigenvalue weighted by Gasteiger charge is 2.28. The van der Waals surface area contributed by atoms with Crippen molar-refractivity contribution in [2.45, 2.75) is 36.9 Å². The van der Waals surface area contributed by atoms with E-state index >= 15 is 0 Å². The fourth-order valence-electron chi connectivity index (χ4n) is 2.09. The fourth-order valence-corrected chi connectivity index (χ4v) is 3.46. The molecule has 0 saturated carbocycles. The molecule has 2 unspecified atom stereocenters. The molecule has 0 amide bonds. The maximum atomic E-state index is 12.3.